The molecule has 1 unspecified atom stereocenters. The second-order valence-electron chi connectivity index (χ2n) is 5.94. The molecule has 0 N–H and O–H groups in total. The van der Waals surface area contributed by atoms with Gasteiger partial charge in [-0.1, -0.05) is 12.5 Å². The molecule has 1 heterocycles. The Bertz CT molecular complexity index is 420. The van der Waals surface area contributed by atoms with Gasteiger partial charge in [0.2, 0.25) is 5.91 Å². The number of piperidine rings is 1. The van der Waals surface area contributed by atoms with E-state index in [0.717, 1.165) is 50.8 Å². The van der Waals surface area contributed by atoms with Crippen LogP contribution in [0.1, 0.15) is 44.9 Å². The fraction of sp³-hybridized carbons (Fsp3) is 0.750. The van der Waals surface area contributed by atoms with E-state index in [4.69, 9.17) is 4.74 Å². The zero-order valence-electron chi connectivity index (χ0n) is 13.1. The molecule has 1 saturated heterocycles. The predicted octanol–water partition coefficient (Wildman–Crippen LogP) is 1.93. The summed E-state index contributed by atoms with van der Waals surface area (Å²) in [6, 6.07) is 0.140. The van der Waals surface area contributed by atoms with E-state index in [9.17, 15) is 9.59 Å². The van der Waals surface area contributed by atoms with Crippen LogP contribution in [0.15, 0.2) is 11.8 Å². The Hall–Kier alpha value is -1.36. The molecular formula is C16H26N2O3. The largest absolute Gasteiger partial charge is 0.469 e. The Morgan fingerprint density at radius 1 is 1.38 bits per heavy atom. The normalized spacial score (nSPS) is 22.8. The number of esters is 1. The third-order valence-electron chi connectivity index (χ3n) is 4.54. The summed E-state index contributed by atoms with van der Waals surface area (Å²) in [7, 11) is 3.28. The molecule has 1 amide bonds. The van der Waals surface area contributed by atoms with Gasteiger partial charge in [-0.25, -0.2) is 0 Å². The van der Waals surface area contributed by atoms with Gasteiger partial charge in [0.15, 0.2) is 0 Å². The van der Waals surface area contributed by atoms with Gasteiger partial charge >= 0.3 is 5.97 Å². The molecule has 5 heteroatoms. The number of nitrogens with zero attached hydrogens (tertiary/aromatic N) is 2. The summed E-state index contributed by atoms with van der Waals surface area (Å²) in [5, 5.41) is 0. The fourth-order valence-corrected chi connectivity index (χ4v) is 3.17. The quantitative estimate of drug-likeness (QED) is 0.727. The highest BCUT2D eigenvalue weighted by atomic mass is 16.5. The second kappa shape index (κ2) is 7.59. The Morgan fingerprint density at radius 3 is 2.86 bits per heavy atom. The van der Waals surface area contributed by atoms with Gasteiger partial charge in [0.25, 0.3) is 0 Å². The zero-order chi connectivity index (χ0) is 15.2. The van der Waals surface area contributed by atoms with Crippen molar-refractivity contribution in [3.8, 4) is 0 Å². The second-order valence-corrected chi connectivity index (χ2v) is 5.94. The lowest BCUT2D eigenvalue weighted by atomic mass is 9.99. The highest BCUT2D eigenvalue weighted by Gasteiger charge is 2.28. The van der Waals surface area contributed by atoms with Gasteiger partial charge in [0.1, 0.15) is 0 Å². The first-order valence-corrected chi connectivity index (χ1v) is 7.88. The maximum Gasteiger partial charge on any atom is 0.307 e. The average Bonchev–Trinajstić information content (AvgIpc) is 3.02. The zero-order valence-corrected chi connectivity index (χ0v) is 13.1. The van der Waals surface area contributed by atoms with Crippen molar-refractivity contribution >= 4 is 11.9 Å². The summed E-state index contributed by atoms with van der Waals surface area (Å²) in [6.07, 6.45) is 8.92. The van der Waals surface area contributed by atoms with E-state index in [1.807, 2.05) is 7.05 Å². The van der Waals surface area contributed by atoms with E-state index in [1.165, 1.54) is 7.11 Å². The number of amides is 1. The van der Waals surface area contributed by atoms with E-state index in [2.05, 4.69) is 11.0 Å². The minimum absolute atomic E-state index is 0.125. The molecule has 2 rings (SSSR count). The SMILES string of the molecule is COC(=O)CC1CCCCN1CC(=O)N(C)C1=CCCC1. The van der Waals surface area contributed by atoms with Crippen LogP contribution in [0.5, 0.6) is 0 Å². The van der Waals surface area contributed by atoms with Crippen molar-refractivity contribution in [3.05, 3.63) is 11.8 Å². The molecule has 1 aliphatic carbocycles. The first-order chi connectivity index (χ1) is 10.1. The van der Waals surface area contributed by atoms with Crippen molar-refractivity contribution in [2.45, 2.75) is 51.0 Å². The summed E-state index contributed by atoms with van der Waals surface area (Å²) < 4.78 is 4.76. The molecule has 118 valence electrons. The number of ether oxygens (including phenoxy) is 1. The minimum atomic E-state index is -0.189. The van der Waals surface area contributed by atoms with Crippen LogP contribution in [0.4, 0.5) is 0 Å². The number of allylic oxidation sites excluding steroid dienone is 2. The number of likely N-dealkylation sites (N-methyl/N-ethyl adjacent to an activating group) is 1. The predicted molar refractivity (Wildman–Crippen MR) is 80.5 cm³/mol. The number of carbonyl (C=O) groups is 2. The van der Waals surface area contributed by atoms with Crippen LogP contribution >= 0.6 is 0 Å². The van der Waals surface area contributed by atoms with Gasteiger partial charge in [0.05, 0.1) is 20.1 Å². The molecule has 21 heavy (non-hydrogen) atoms. The number of hydrogen-bond acceptors (Lipinski definition) is 4. The standard InChI is InChI=1S/C16H26N2O3/c1-17(13-7-3-4-8-13)15(19)12-18-10-6-5-9-14(18)11-16(20)21-2/h7,14H,3-6,8-12H2,1-2H3. The van der Waals surface area contributed by atoms with Gasteiger partial charge in [-0.05, 0) is 38.6 Å². The number of hydrogen-bond donors (Lipinski definition) is 0. The van der Waals surface area contributed by atoms with Crippen LogP contribution in [0, 0.1) is 0 Å². The molecule has 0 aromatic carbocycles. The fourth-order valence-electron chi connectivity index (χ4n) is 3.17. The molecular weight excluding hydrogens is 268 g/mol. The summed E-state index contributed by atoms with van der Waals surface area (Å²) >= 11 is 0. The minimum Gasteiger partial charge on any atom is -0.469 e. The summed E-state index contributed by atoms with van der Waals surface area (Å²) in [4.78, 5) is 27.9. The van der Waals surface area contributed by atoms with Crippen LogP contribution in [0.3, 0.4) is 0 Å². The molecule has 0 aromatic heterocycles. The molecule has 1 atom stereocenters. The maximum absolute atomic E-state index is 12.4. The lowest BCUT2D eigenvalue weighted by Crippen LogP contribution is -2.46. The van der Waals surface area contributed by atoms with E-state index in [-0.39, 0.29) is 17.9 Å². The van der Waals surface area contributed by atoms with Crippen molar-refractivity contribution in [1.29, 1.82) is 0 Å². The highest BCUT2D eigenvalue weighted by Crippen LogP contribution is 2.23. The highest BCUT2D eigenvalue weighted by molar-refractivity contribution is 5.80. The summed E-state index contributed by atoms with van der Waals surface area (Å²) in [5.74, 6) is -0.0638. The van der Waals surface area contributed by atoms with Gasteiger partial charge in [-0.3, -0.25) is 14.5 Å². The van der Waals surface area contributed by atoms with E-state index >= 15 is 0 Å². The van der Waals surface area contributed by atoms with Crippen molar-refractivity contribution in [2.24, 2.45) is 0 Å². The molecule has 0 bridgehead atoms. The molecule has 2 aliphatic rings. The molecule has 1 aliphatic heterocycles. The third-order valence-corrected chi connectivity index (χ3v) is 4.54. The Morgan fingerprint density at radius 2 is 2.19 bits per heavy atom. The molecule has 0 radical (unpaired) electrons. The number of methoxy groups -OCH3 is 1. The number of carbonyl (C=O) groups excluding carboxylic acids is 2. The van der Waals surface area contributed by atoms with Crippen LogP contribution in [0.2, 0.25) is 0 Å². The van der Waals surface area contributed by atoms with Crippen molar-refractivity contribution in [3.63, 3.8) is 0 Å². The molecule has 5 nitrogen and oxygen atoms in total. The van der Waals surface area contributed by atoms with E-state index < -0.39 is 0 Å². The number of rotatable bonds is 5. The van der Waals surface area contributed by atoms with Crippen LogP contribution < -0.4 is 0 Å². The van der Waals surface area contributed by atoms with E-state index in [1.54, 1.807) is 4.90 Å². The van der Waals surface area contributed by atoms with Crippen molar-refractivity contribution in [1.82, 2.24) is 9.80 Å². The Kier molecular flexibility index (Phi) is 5.79. The average molecular weight is 294 g/mol. The number of likely N-dealkylation sites (tertiary alicyclic amines) is 1. The van der Waals surface area contributed by atoms with Crippen molar-refractivity contribution < 1.29 is 14.3 Å². The van der Waals surface area contributed by atoms with Crippen LogP contribution in [-0.2, 0) is 14.3 Å². The Balaban J connectivity index is 1.91. The molecule has 0 saturated carbocycles. The monoisotopic (exact) mass is 294 g/mol. The topological polar surface area (TPSA) is 49.9 Å². The molecule has 1 fully saturated rings. The Labute approximate surface area is 126 Å². The van der Waals surface area contributed by atoms with Crippen molar-refractivity contribution in [2.75, 3.05) is 27.2 Å². The lowest BCUT2D eigenvalue weighted by molar-refractivity contribution is -0.143. The first-order valence-electron chi connectivity index (χ1n) is 7.88. The van der Waals surface area contributed by atoms with Gasteiger partial charge in [-0.2, -0.15) is 0 Å². The van der Waals surface area contributed by atoms with Crippen LogP contribution in [0.25, 0.3) is 0 Å². The summed E-state index contributed by atoms with van der Waals surface area (Å²) in [6.45, 7) is 1.29. The van der Waals surface area contributed by atoms with Gasteiger partial charge < -0.3 is 9.64 Å². The first kappa shape index (κ1) is 16.0. The molecule has 0 spiro atoms. The third kappa shape index (κ3) is 4.30. The maximum atomic E-state index is 12.4. The smallest absolute Gasteiger partial charge is 0.307 e. The summed E-state index contributed by atoms with van der Waals surface area (Å²) in [5.41, 5.74) is 1.14. The lowest BCUT2D eigenvalue weighted by Gasteiger charge is -2.35. The van der Waals surface area contributed by atoms with Crippen LogP contribution in [-0.4, -0.2) is 55.0 Å². The van der Waals surface area contributed by atoms with E-state index in [0.29, 0.717) is 13.0 Å². The van der Waals surface area contributed by atoms with Gasteiger partial charge in [0, 0.05) is 18.8 Å². The molecule has 0 aromatic rings. The van der Waals surface area contributed by atoms with Gasteiger partial charge in [-0.15, -0.1) is 0 Å².